The van der Waals surface area contributed by atoms with Crippen LogP contribution in [0.2, 0.25) is 0 Å². The molecule has 0 bridgehead atoms. The largest absolute Gasteiger partial charge is 0.493 e. The average Bonchev–Trinajstić information content (AvgIpc) is 3.23. The molecular formula is C18H21F3N2O2S. The Morgan fingerprint density at radius 1 is 1.27 bits per heavy atom. The Labute approximate surface area is 154 Å². The van der Waals surface area contributed by atoms with E-state index in [-0.39, 0.29) is 23.9 Å². The summed E-state index contributed by atoms with van der Waals surface area (Å²) in [6.07, 6.45) is 2.23. The number of hydrogen-bond donors (Lipinski definition) is 2. The fraction of sp³-hybridized carbons (Fsp3) is 0.500. The molecule has 0 saturated heterocycles. The van der Waals surface area contributed by atoms with Gasteiger partial charge < -0.3 is 15.2 Å². The first-order chi connectivity index (χ1) is 12.4. The smallest absolute Gasteiger partial charge is 0.420 e. The fourth-order valence-corrected chi connectivity index (χ4v) is 3.85. The molecule has 1 saturated carbocycles. The molecule has 0 unspecified atom stereocenters. The van der Waals surface area contributed by atoms with Crippen molar-refractivity contribution in [3.8, 4) is 11.6 Å². The van der Waals surface area contributed by atoms with Crippen molar-refractivity contribution in [2.45, 2.75) is 44.7 Å². The van der Waals surface area contributed by atoms with E-state index in [1.165, 1.54) is 43.2 Å². The summed E-state index contributed by atoms with van der Waals surface area (Å²) in [6.45, 7) is 0.284. The number of nitrogens with zero attached hydrogens (tertiary/aromatic N) is 1. The van der Waals surface area contributed by atoms with Crippen LogP contribution in [-0.4, -0.2) is 16.7 Å². The molecule has 0 aliphatic heterocycles. The van der Waals surface area contributed by atoms with E-state index in [0.717, 1.165) is 30.2 Å². The van der Waals surface area contributed by atoms with E-state index in [4.69, 9.17) is 4.74 Å². The van der Waals surface area contributed by atoms with Gasteiger partial charge in [0.25, 0.3) is 0 Å². The topological polar surface area (TPSA) is 54.4 Å². The van der Waals surface area contributed by atoms with Crippen LogP contribution in [0.25, 0.3) is 0 Å². The Hall–Kier alpha value is -1.96. The number of aromatic hydroxyl groups is 1. The second-order valence-corrected chi connectivity index (χ2v) is 7.34. The van der Waals surface area contributed by atoms with Crippen molar-refractivity contribution in [3.05, 3.63) is 29.1 Å². The van der Waals surface area contributed by atoms with Gasteiger partial charge in [-0.15, -0.1) is 11.3 Å². The maximum atomic E-state index is 13.4. The number of aromatic nitrogens is 1. The summed E-state index contributed by atoms with van der Waals surface area (Å²) in [5, 5.41) is 13.7. The highest BCUT2D eigenvalue weighted by Crippen LogP contribution is 2.39. The maximum Gasteiger partial charge on any atom is 0.420 e. The van der Waals surface area contributed by atoms with E-state index in [1.807, 2.05) is 0 Å². The highest BCUT2D eigenvalue weighted by molar-refractivity contribution is 7.13. The molecule has 1 aromatic heterocycles. The van der Waals surface area contributed by atoms with Crippen molar-refractivity contribution in [2.24, 2.45) is 5.92 Å². The van der Waals surface area contributed by atoms with Crippen LogP contribution >= 0.6 is 11.3 Å². The molecule has 1 aliphatic carbocycles. The van der Waals surface area contributed by atoms with Crippen LogP contribution in [0, 0.1) is 5.92 Å². The van der Waals surface area contributed by atoms with Crippen molar-refractivity contribution in [3.63, 3.8) is 0 Å². The molecule has 0 atom stereocenters. The summed E-state index contributed by atoms with van der Waals surface area (Å²) >= 11 is 1.11. The minimum Gasteiger partial charge on any atom is -0.493 e. The second-order valence-electron chi connectivity index (χ2n) is 6.49. The van der Waals surface area contributed by atoms with Crippen molar-refractivity contribution >= 4 is 22.2 Å². The van der Waals surface area contributed by atoms with E-state index >= 15 is 0 Å². The van der Waals surface area contributed by atoms with E-state index in [2.05, 4.69) is 10.3 Å². The molecule has 1 heterocycles. The first-order valence-electron chi connectivity index (χ1n) is 8.67. The SMILES string of the molecule is Oc1csc(Nc2ccc(OCCCC3CCCC3)c(C(F)(F)F)c2)n1. The average molecular weight is 386 g/mol. The summed E-state index contributed by atoms with van der Waals surface area (Å²) < 4.78 is 45.5. The Kier molecular flexibility index (Phi) is 5.90. The minimum atomic E-state index is -4.51. The highest BCUT2D eigenvalue weighted by Gasteiger charge is 2.34. The number of nitrogens with one attached hydrogen (secondary N) is 1. The van der Waals surface area contributed by atoms with Gasteiger partial charge in [0.05, 0.1) is 17.6 Å². The zero-order valence-electron chi connectivity index (χ0n) is 14.2. The van der Waals surface area contributed by atoms with Gasteiger partial charge in [0.1, 0.15) is 5.75 Å². The first-order valence-corrected chi connectivity index (χ1v) is 9.55. The zero-order chi connectivity index (χ0) is 18.6. The van der Waals surface area contributed by atoms with Crippen LogP contribution in [0.3, 0.4) is 0 Å². The molecule has 3 rings (SSSR count). The lowest BCUT2D eigenvalue weighted by molar-refractivity contribution is -0.138. The number of thiazole rings is 1. The quantitative estimate of drug-likeness (QED) is 0.577. The molecule has 142 valence electrons. The fourth-order valence-electron chi connectivity index (χ4n) is 3.25. The molecule has 1 aromatic carbocycles. The lowest BCUT2D eigenvalue weighted by atomic mass is 10.0. The molecular weight excluding hydrogens is 365 g/mol. The van der Waals surface area contributed by atoms with Crippen LogP contribution in [0.15, 0.2) is 23.6 Å². The lowest BCUT2D eigenvalue weighted by Gasteiger charge is -2.16. The predicted molar refractivity (Wildman–Crippen MR) is 95.2 cm³/mol. The molecule has 0 amide bonds. The Bertz CT molecular complexity index is 727. The van der Waals surface area contributed by atoms with Gasteiger partial charge in [-0.25, -0.2) is 0 Å². The van der Waals surface area contributed by atoms with Gasteiger partial charge in [-0.3, -0.25) is 0 Å². The highest BCUT2D eigenvalue weighted by atomic mass is 32.1. The van der Waals surface area contributed by atoms with Gasteiger partial charge in [0, 0.05) is 5.69 Å². The third-order valence-electron chi connectivity index (χ3n) is 4.52. The second kappa shape index (κ2) is 8.16. The molecule has 1 aliphatic rings. The van der Waals surface area contributed by atoms with Crippen LogP contribution < -0.4 is 10.1 Å². The Balaban J connectivity index is 1.64. The van der Waals surface area contributed by atoms with E-state index < -0.39 is 11.7 Å². The van der Waals surface area contributed by atoms with Gasteiger partial charge in [-0.05, 0) is 37.0 Å². The predicted octanol–water partition coefficient (Wildman–Crippen LogP) is 5.96. The monoisotopic (exact) mass is 386 g/mol. The number of hydrogen-bond acceptors (Lipinski definition) is 5. The normalized spacial score (nSPS) is 15.3. The number of alkyl halides is 3. The van der Waals surface area contributed by atoms with Crippen LogP contribution in [0.5, 0.6) is 11.6 Å². The van der Waals surface area contributed by atoms with Crippen LogP contribution in [-0.2, 0) is 6.18 Å². The van der Waals surface area contributed by atoms with E-state index in [9.17, 15) is 18.3 Å². The van der Waals surface area contributed by atoms with Gasteiger partial charge in [0.15, 0.2) is 5.13 Å². The number of ether oxygens (including phenoxy) is 1. The molecule has 8 heteroatoms. The Morgan fingerprint density at radius 2 is 2.04 bits per heavy atom. The molecule has 1 fully saturated rings. The third-order valence-corrected chi connectivity index (χ3v) is 5.26. The number of benzene rings is 1. The van der Waals surface area contributed by atoms with Gasteiger partial charge in [0.2, 0.25) is 5.88 Å². The van der Waals surface area contributed by atoms with Crippen LogP contribution in [0.4, 0.5) is 24.0 Å². The van der Waals surface area contributed by atoms with Crippen molar-refractivity contribution in [1.82, 2.24) is 4.98 Å². The summed E-state index contributed by atoms with van der Waals surface area (Å²) in [4.78, 5) is 3.77. The maximum absolute atomic E-state index is 13.4. The van der Waals surface area contributed by atoms with E-state index in [1.54, 1.807) is 0 Å². The first kappa shape index (κ1) is 18.8. The summed E-state index contributed by atoms with van der Waals surface area (Å²) in [6, 6.07) is 3.85. The number of anilines is 2. The van der Waals surface area contributed by atoms with Gasteiger partial charge in [-0.2, -0.15) is 18.2 Å². The number of halogens is 3. The molecule has 4 nitrogen and oxygen atoms in total. The molecule has 2 N–H and O–H groups in total. The number of rotatable bonds is 7. The lowest BCUT2D eigenvalue weighted by Crippen LogP contribution is -2.10. The summed E-state index contributed by atoms with van der Waals surface area (Å²) in [7, 11) is 0. The van der Waals surface area contributed by atoms with Gasteiger partial charge >= 0.3 is 6.18 Å². The summed E-state index contributed by atoms with van der Waals surface area (Å²) in [5.41, 5.74) is -0.575. The third kappa shape index (κ3) is 5.03. The van der Waals surface area contributed by atoms with Crippen molar-refractivity contribution in [2.75, 3.05) is 11.9 Å². The summed E-state index contributed by atoms with van der Waals surface area (Å²) in [5.74, 6) is 0.370. The van der Waals surface area contributed by atoms with Crippen LogP contribution in [0.1, 0.15) is 44.1 Å². The Morgan fingerprint density at radius 3 is 2.69 bits per heavy atom. The molecule has 2 aromatic rings. The standard InChI is InChI=1S/C18H21F3N2O2S/c19-18(20,21)14-10-13(22-17-23-16(24)11-26-17)7-8-15(14)25-9-3-6-12-4-1-2-5-12/h7-8,10-12,24H,1-6,9H2,(H,22,23). The zero-order valence-corrected chi connectivity index (χ0v) is 15.0. The molecule has 26 heavy (non-hydrogen) atoms. The minimum absolute atomic E-state index is 0.156. The molecule has 0 spiro atoms. The van der Waals surface area contributed by atoms with Crippen molar-refractivity contribution < 1.29 is 23.0 Å². The van der Waals surface area contributed by atoms with Gasteiger partial charge in [-0.1, -0.05) is 25.7 Å². The van der Waals surface area contributed by atoms with Crippen molar-refractivity contribution in [1.29, 1.82) is 0 Å². The molecule has 0 radical (unpaired) electrons. The van der Waals surface area contributed by atoms with E-state index in [0.29, 0.717) is 11.0 Å².